The number of amides is 1. The van der Waals surface area contributed by atoms with Crippen LogP contribution in [0.25, 0.3) is 0 Å². The summed E-state index contributed by atoms with van der Waals surface area (Å²) in [6.45, 7) is 4.60. The molecule has 5 heteroatoms. The molecule has 1 N–H and O–H groups in total. The van der Waals surface area contributed by atoms with E-state index < -0.39 is 0 Å². The number of carbonyl (C=O) groups excluding carboxylic acids is 1. The van der Waals surface area contributed by atoms with Crippen molar-refractivity contribution in [3.63, 3.8) is 0 Å². The van der Waals surface area contributed by atoms with Crippen LogP contribution in [-0.2, 0) is 0 Å². The molecule has 1 unspecified atom stereocenters. The van der Waals surface area contributed by atoms with Gasteiger partial charge in [-0.25, -0.2) is 0 Å². The topological polar surface area (TPSA) is 45.5 Å². The second-order valence-corrected chi connectivity index (χ2v) is 4.57. The van der Waals surface area contributed by atoms with Crippen LogP contribution in [0.15, 0.2) is 21.4 Å². The van der Waals surface area contributed by atoms with E-state index in [4.69, 9.17) is 4.42 Å². The maximum Gasteiger partial charge on any atom is 0.258 e. The molecule has 88 valence electrons. The summed E-state index contributed by atoms with van der Waals surface area (Å²) >= 11 is 3.24. The second kappa shape index (κ2) is 5.01. The largest absolute Gasteiger partial charge is 0.457 e. The third kappa shape index (κ3) is 2.15. The Kier molecular flexibility index (Phi) is 3.66. The predicted molar refractivity (Wildman–Crippen MR) is 64.4 cm³/mol. The summed E-state index contributed by atoms with van der Waals surface area (Å²) in [4.78, 5) is 14.2. The Morgan fingerprint density at radius 2 is 2.56 bits per heavy atom. The summed E-state index contributed by atoms with van der Waals surface area (Å²) < 4.78 is 5.61. The molecule has 0 spiro atoms. The van der Waals surface area contributed by atoms with Crippen LogP contribution in [0, 0.1) is 0 Å². The van der Waals surface area contributed by atoms with Gasteiger partial charge in [-0.2, -0.15) is 0 Å². The van der Waals surface area contributed by atoms with Crippen molar-refractivity contribution in [2.45, 2.75) is 19.4 Å². The van der Waals surface area contributed by atoms with Crippen LogP contribution in [0.5, 0.6) is 0 Å². The van der Waals surface area contributed by atoms with Gasteiger partial charge in [0.1, 0.15) is 0 Å². The maximum absolute atomic E-state index is 12.3. The molecule has 16 heavy (non-hydrogen) atoms. The monoisotopic (exact) mass is 286 g/mol. The van der Waals surface area contributed by atoms with E-state index in [1.807, 2.05) is 11.8 Å². The van der Waals surface area contributed by atoms with Gasteiger partial charge < -0.3 is 14.6 Å². The first-order chi connectivity index (χ1) is 7.74. The van der Waals surface area contributed by atoms with E-state index >= 15 is 0 Å². The van der Waals surface area contributed by atoms with Crippen LogP contribution in [-0.4, -0.2) is 36.5 Å². The minimum atomic E-state index is 0.0387. The number of halogens is 1. The number of likely N-dealkylation sites (N-methyl/N-ethyl adjacent to an activating group) is 1. The lowest BCUT2D eigenvalue weighted by Gasteiger charge is -2.26. The number of hydrogen-bond donors (Lipinski definition) is 1. The lowest BCUT2D eigenvalue weighted by molar-refractivity contribution is 0.0701. The van der Waals surface area contributed by atoms with Crippen LogP contribution >= 0.6 is 15.9 Å². The van der Waals surface area contributed by atoms with Gasteiger partial charge in [-0.05, 0) is 41.9 Å². The molecule has 0 saturated carbocycles. The van der Waals surface area contributed by atoms with E-state index in [9.17, 15) is 4.79 Å². The average molecular weight is 287 g/mol. The highest BCUT2D eigenvalue weighted by molar-refractivity contribution is 9.10. The van der Waals surface area contributed by atoms with E-state index in [1.165, 1.54) is 6.26 Å². The molecule has 0 aliphatic carbocycles. The van der Waals surface area contributed by atoms with Crippen molar-refractivity contribution in [3.8, 4) is 0 Å². The van der Waals surface area contributed by atoms with Crippen molar-refractivity contribution >= 4 is 21.8 Å². The zero-order valence-electron chi connectivity index (χ0n) is 9.20. The Bertz CT molecular complexity index is 372. The summed E-state index contributed by atoms with van der Waals surface area (Å²) in [5.74, 6) is 0.0387. The van der Waals surface area contributed by atoms with Crippen molar-refractivity contribution in [2.24, 2.45) is 0 Å². The highest BCUT2D eigenvalue weighted by atomic mass is 79.9. The quantitative estimate of drug-likeness (QED) is 0.923. The van der Waals surface area contributed by atoms with Crippen LogP contribution in [0.4, 0.5) is 0 Å². The maximum atomic E-state index is 12.3. The molecule has 1 saturated heterocycles. The van der Waals surface area contributed by atoms with Crippen molar-refractivity contribution < 1.29 is 9.21 Å². The molecule has 1 amide bonds. The molecule has 1 aromatic rings. The highest BCUT2D eigenvalue weighted by Crippen LogP contribution is 2.21. The zero-order chi connectivity index (χ0) is 11.5. The number of furan rings is 1. The molecule has 0 radical (unpaired) electrons. The van der Waals surface area contributed by atoms with Crippen LogP contribution in [0.1, 0.15) is 23.7 Å². The molecule has 1 atom stereocenters. The van der Waals surface area contributed by atoms with E-state index in [0.29, 0.717) is 16.3 Å². The Hall–Kier alpha value is -0.810. The molecule has 0 aromatic carbocycles. The van der Waals surface area contributed by atoms with Crippen LogP contribution in [0.2, 0.25) is 0 Å². The molecule has 1 aliphatic rings. The van der Waals surface area contributed by atoms with Gasteiger partial charge in [-0.3, -0.25) is 4.79 Å². The predicted octanol–water partition coefficient (Wildman–Crippen LogP) is 1.87. The number of hydrogen-bond acceptors (Lipinski definition) is 3. The van der Waals surface area contributed by atoms with Gasteiger partial charge >= 0.3 is 0 Å². The van der Waals surface area contributed by atoms with Crippen molar-refractivity contribution in [1.29, 1.82) is 0 Å². The summed E-state index contributed by atoms with van der Waals surface area (Å²) in [7, 11) is 0. The van der Waals surface area contributed by atoms with Gasteiger partial charge in [0.25, 0.3) is 5.91 Å². The number of rotatable bonds is 3. The van der Waals surface area contributed by atoms with Gasteiger partial charge in [0.05, 0.1) is 11.8 Å². The highest BCUT2D eigenvalue weighted by Gasteiger charge is 2.27. The molecule has 4 nitrogen and oxygen atoms in total. The number of carbonyl (C=O) groups is 1. The van der Waals surface area contributed by atoms with E-state index in [2.05, 4.69) is 21.2 Å². The number of nitrogens with one attached hydrogen (secondary N) is 1. The Morgan fingerprint density at radius 1 is 1.75 bits per heavy atom. The molecule has 1 aliphatic heterocycles. The van der Waals surface area contributed by atoms with Crippen LogP contribution < -0.4 is 5.32 Å². The minimum Gasteiger partial charge on any atom is -0.457 e. The Balaban J connectivity index is 2.15. The molecular weight excluding hydrogens is 272 g/mol. The molecule has 1 fully saturated rings. The van der Waals surface area contributed by atoms with Gasteiger partial charge in [0, 0.05) is 19.1 Å². The lowest BCUT2D eigenvalue weighted by atomic mass is 10.2. The fourth-order valence-corrected chi connectivity index (χ4v) is 2.48. The summed E-state index contributed by atoms with van der Waals surface area (Å²) in [5, 5.41) is 3.27. The van der Waals surface area contributed by atoms with E-state index in [-0.39, 0.29) is 5.91 Å². The van der Waals surface area contributed by atoms with E-state index in [0.717, 1.165) is 26.1 Å². The first-order valence-electron chi connectivity index (χ1n) is 5.48. The summed E-state index contributed by atoms with van der Waals surface area (Å²) in [6.07, 6.45) is 2.55. The fourth-order valence-electron chi connectivity index (χ4n) is 2.07. The standard InChI is InChI=1S/C11H15BrN2O2/c1-2-14(8-3-5-13-7-8)11(15)9-4-6-16-10(9)12/h4,6,8,13H,2-3,5,7H2,1H3. The fraction of sp³-hybridized carbons (Fsp3) is 0.545. The zero-order valence-corrected chi connectivity index (χ0v) is 10.8. The molecular formula is C11H15BrN2O2. The lowest BCUT2D eigenvalue weighted by Crippen LogP contribution is -2.41. The number of nitrogens with zero attached hydrogens (tertiary/aromatic N) is 1. The van der Waals surface area contributed by atoms with Crippen molar-refractivity contribution in [1.82, 2.24) is 10.2 Å². The summed E-state index contributed by atoms with van der Waals surface area (Å²) in [5.41, 5.74) is 0.605. The normalized spacial score (nSPS) is 20.0. The molecule has 0 bridgehead atoms. The van der Waals surface area contributed by atoms with Gasteiger partial charge in [-0.15, -0.1) is 0 Å². The second-order valence-electron chi connectivity index (χ2n) is 3.85. The first kappa shape index (κ1) is 11.7. The molecule has 2 heterocycles. The smallest absolute Gasteiger partial charge is 0.258 e. The Labute approximate surface area is 103 Å². The SMILES string of the molecule is CCN(C(=O)c1ccoc1Br)C1CCNC1. The van der Waals surface area contributed by atoms with Gasteiger partial charge in [0.2, 0.25) is 0 Å². The Morgan fingerprint density at radius 3 is 3.06 bits per heavy atom. The third-order valence-electron chi connectivity index (χ3n) is 2.93. The van der Waals surface area contributed by atoms with Crippen molar-refractivity contribution in [3.05, 3.63) is 22.6 Å². The first-order valence-corrected chi connectivity index (χ1v) is 6.28. The summed E-state index contributed by atoms with van der Waals surface area (Å²) in [6, 6.07) is 2.01. The molecule has 1 aromatic heterocycles. The molecule has 2 rings (SSSR count). The van der Waals surface area contributed by atoms with Gasteiger partial charge in [0.15, 0.2) is 4.67 Å². The van der Waals surface area contributed by atoms with E-state index in [1.54, 1.807) is 6.07 Å². The van der Waals surface area contributed by atoms with Crippen molar-refractivity contribution in [2.75, 3.05) is 19.6 Å². The average Bonchev–Trinajstić information content (AvgIpc) is 2.90. The van der Waals surface area contributed by atoms with Gasteiger partial charge in [-0.1, -0.05) is 0 Å². The minimum absolute atomic E-state index is 0.0387. The van der Waals surface area contributed by atoms with Crippen LogP contribution in [0.3, 0.4) is 0 Å². The third-order valence-corrected chi connectivity index (χ3v) is 3.54.